The van der Waals surface area contributed by atoms with Crippen molar-refractivity contribution in [3.8, 4) is 0 Å². The average Bonchev–Trinajstić information content (AvgIpc) is 2.92. The highest BCUT2D eigenvalue weighted by Gasteiger charge is 2.15. The molecule has 2 heterocycles. The summed E-state index contributed by atoms with van der Waals surface area (Å²) in [6.07, 6.45) is 2.56. The highest BCUT2D eigenvalue weighted by molar-refractivity contribution is 6.30. The minimum atomic E-state index is -0.0423. The Labute approximate surface area is 158 Å². The monoisotopic (exact) mass is 367 g/mol. The molecule has 0 atom stereocenters. The molecule has 2 aromatic heterocycles. The van der Waals surface area contributed by atoms with E-state index in [-0.39, 0.29) is 5.91 Å². The van der Waals surface area contributed by atoms with E-state index >= 15 is 0 Å². The Kier molecular flexibility index (Phi) is 5.74. The van der Waals surface area contributed by atoms with Gasteiger partial charge in [-0.15, -0.1) is 0 Å². The van der Waals surface area contributed by atoms with Gasteiger partial charge in [-0.25, -0.2) is 0 Å². The summed E-state index contributed by atoms with van der Waals surface area (Å²) in [5.74, 6) is -0.0423. The molecule has 0 radical (unpaired) electrons. The first-order valence-corrected chi connectivity index (χ1v) is 9.01. The largest absolute Gasteiger partial charge is 0.352 e. The maximum Gasteiger partial charge on any atom is 0.253 e. The number of pyridine rings is 1. The summed E-state index contributed by atoms with van der Waals surface area (Å²) in [5.41, 5.74) is 4.85. The Morgan fingerprint density at radius 1 is 1.15 bits per heavy atom. The van der Waals surface area contributed by atoms with Gasteiger partial charge in [-0.05, 0) is 56.2 Å². The summed E-state index contributed by atoms with van der Waals surface area (Å²) in [7, 11) is 0. The van der Waals surface area contributed by atoms with Crippen molar-refractivity contribution < 1.29 is 4.79 Å². The van der Waals surface area contributed by atoms with Crippen LogP contribution in [-0.4, -0.2) is 22.0 Å². The van der Waals surface area contributed by atoms with Crippen LogP contribution in [-0.2, 0) is 13.0 Å². The predicted octanol–water partition coefficient (Wildman–Crippen LogP) is 4.17. The van der Waals surface area contributed by atoms with E-state index in [0.29, 0.717) is 13.1 Å². The number of aromatic nitrogens is 2. The topological polar surface area (TPSA) is 46.9 Å². The quantitative estimate of drug-likeness (QED) is 0.710. The van der Waals surface area contributed by atoms with Gasteiger partial charge < -0.3 is 9.88 Å². The molecule has 0 aliphatic heterocycles. The number of carbonyl (C=O) groups is 1. The number of nitrogens with zero attached hydrogens (tertiary/aromatic N) is 2. The number of benzene rings is 1. The predicted molar refractivity (Wildman–Crippen MR) is 105 cm³/mol. The Morgan fingerprint density at radius 2 is 1.92 bits per heavy atom. The molecule has 0 saturated carbocycles. The molecule has 0 spiro atoms. The first-order valence-electron chi connectivity index (χ1n) is 8.64. The fourth-order valence-corrected chi connectivity index (χ4v) is 3.12. The third-order valence-corrected chi connectivity index (χ3v) is 4.73. The molecule has 0 aliphatic carbocycles. The molecule has 26 heavy (non-hydrogen) atoms. The zero-order valence-corrected chi connectivity index (χ0v) is 15.8. The number of hydrogen-bond donors (Lipinski definition) is 1. The van der Waals surface area contributed by atoms with Crippen LogP contribution < -0.4 is 5.32 Å². The fourth-order valence-electron chi connectivity index (χ4n) is 2.99. The van der Waals surface area contributed by atoms with Crippen molar-refractivity contribution in [2.24, 2.45) is 0 Å². The van der Waals surface area contributed by atoms with E-state index in [1.165, 1.54) is 0 Å². The van der Waals surface area contributed by atoms with Crippen LogP contribution in [0.1, 0.15) is 33.0 Å². The van der Waals surface area contributed by atoms with Crippen molar-refractivity contribution in [2.45, 2.75) is 26.8 Å². The van der Waals surface area contributed by atoms with E-state index in [0.717, 1.165) is 39.7 Å². The van der Waals surface area contributed by atoms with Crippen molar-refractivity contribution in [2.75, 3.05) is 6.54 Å². The molecular weight excluding hydrogens is 346 g/mol. The SMILES string of the molecule is Cc1cc(C(=O)NCCc2ccc(Cl)cc2)c(C)n1Cc1ccccn1. The number of carbonyl (C=O) groups excluding carboxylic acids is 1. The summed E-state index contributed by atoms with van der Waals surface area (Å²) < 4.78 is 2.12. The van der Waals surface area contributed by atoms with Crippen LogP contribution in [0.25, 0.3) is 0 Å². The summed E-state index contributed by atoms with van der Waals surface area (Å²) in [6.45, 7) is 5.24. The zero-order chi connectivity index (χ0) is 18.5. The van der Waals surface area contributed by atoms with Crippen LogP contribution in [0, 0.1) is 13.8 Å². The molecular formula is C21H22ClN3O. The van der Waals surface area contributed by atoms with Crippen LogP contribution in [0.3, 0.4) is 0 Å². The highest BCUT2D eigenvalue weighted by Crippen LogP contribution is 2.17. The van der Waals surface area contributed by atoms with Crippen molar-refractivity contribution in [3.63, 3.8) is 0 Å². The second-order valence-corrected chi connectivity index (χ2v) is 6.76. The summed E-state index contributed by atoms with van der Waals surface area (Å²) in [4.78, 5) is 16.9. The van der Waals surface area contributed by atoms with Crippen molar-refractivity contribution >= 4 is 17.5 Å². The molecule has 0 unspecified atom stereocenters. The highest BCUT2D eigenvalue weighted by atomic mass is 35.5. The van der Waals surface area contributed by atoms with Gasteiger partial charge in [-0.1, -0.05) is 29.8 Å². The van der Waals surface area contributed by atoms with Crippen molar-refractivity contribution in [1.82, 2.24) is 14.9 Å². The van der Waals surface area contributed by atoms with Gasteiger partial charge in [0.2, 0.25) is 0 Å². The Hall–Kier alpha value is -2.59. The first kappa shape index (κ1) is 18.2. The number of hydrogen-bond acceptors (Lipinski definition) is 2. The zero-order valence-electron chi connectivity index (χ0n) is 15.0. The lowest BCUT2D eigenvalue weighted by atomic mass is 10.1. The molecule has 1 amide bonds. The third-order valence-electron chi connectivity index (χ3n) is 4.48. The van der Waals surface area contributed by atoms with Gasteiger partial charge in [-0.2, -0.15) is 0 Å². The van der Waals surface area contributed by atoms with E-state index in [2.05, 4.69) is 14.9 Å². The molecule has 134 valence electrons. The molecule has 3 rings (SSSR count). The van der Waals surface area contributed by atoms with E-state index in [4.69, 9.17) is 11.6 Å². The van der Waals surface area contributed by atoms with Crippen molar-refractivity contribution in [3.05, 3.63) is 88.0 Å². The number of nitrogens with one attached hydrogen (secondary N) is 1. The van der Waals surface area contributed by atoms with Crippen LogP contribution in [0.5, 0.6) is 0 Å². The summed E-state index contributed by atoms with van der Waals surface area (Å²) in [6, 6.07) is 15.5. The molecule has 0 bridgehead atoms. The molecule has 0 aliphatic rings. The van der Waals surface area contributed by atoms with Crippen LogP contribution in [0.4, 0.5) is 0 Å². The van der Waals surface area contributed by atoms with E-state index in [1.807, 2.05) is 62.4 Å². The molecule has 4 nitrogen and oxygen atoms in total. The van der Waals surface area contributed by atoms with Gasteiger partial charge >= 0.3 is 0 Å². The molecule has 3 aromatic rings. The van der Waals surface area contributed by atoms with Crippen molar-refractivity contribution in [1.29, 1.82) is 0 Å². The second-order valence-electron chi connectivity index (χ2n) is 6.32. The van der Waals surface area contributed by atoms with Gasteiger partial charge in [0, 0.05) is 29.2 Å². The normalized spacial score (nSPS) is 10.7. The van der Waals surface area contributed by atoms with E-state index < -0.39 is 0 Å². The number of halogens is 1. The number of aryl methyl sites for hydroxylation is 1. The molecule has 0 saturated heterocycles. The lowest BCUT2D eigenvalue weighted by molar-refractivity contribution is 0.0953. The number of rotatable bonds is 6. The standard InChI is InChI=1S/C21H22ClN3O/c1-15-13-20(16(2)25(15)14-19-5-3-4-11-23-19)21(26)24-12-10-17-6-8-18(22)9-7-17/h3-9,11,13H,10,12,14H2,1-2H3,(H,24,26). The Balaban J connectivity index is 1.64. The van der Waals surface area contributed by atoms with E-state index in [1.54, 1.807) is 6.20 Å². The minimum Gasteiger partial charge on any atom is -0.352 e. The van der Waals surface area contributed by atoms with Crippen LogP contribution in [0.2, 0.25) is 5.02 Å². The minimum absolute atomic E-state index is 0.0423. The first-order chi connectivity index (χ1) is 12.5. The molecule has 0 fully saturated rings. The lowest BCUT2D eigenvalue weighted by Gasteiger charge is -2.10. The van der Waals surface area contributed by atoms with Gasteiger partial charge in [0.25, 0.3) is 5.91 Å². The van der Waals surface area contributed by atoms with Gasteiger partial charge in [-0.3, -0.25) is 9.78 Å². The van der Waals surface area contributed by atoms with Crippen LogP contribution >= 0.6 is 11.6 Å². The lowest BCUT2D eigenvalue weighted by Crippen LogP contribution is -2.26. The maximum atomic E-state index is 12.6. The Morgan fingerprint density at radius 3 is 2.62 bits per heavy atom. The molecule has 5 heteroatoms. The Bertz CT molecular complexity index is 886. The fraction of sp³-hybridized carbons (Fsp3) is 0.238. The molecule has 1 aromatic carbocycles. The smallest absolute Gasteiger partial charge is 0.253 e. The average molecular weight is 368 g/mol. The van der Waals surface area contributed by atoms with Crippen LogP contribution in [0.15, 0.2) is 54.7 Å². The van der Waals surface area contributed by atoms with Gasteiger partial charge in [0.1, 0.15) is 0 Å². The van der Waals surface area contributed by atoms with Gasteiger partial charge in [0.15, 0.2) is 0 Å². The second kappa shape index (κ2) is 8.19. The number of amides is 1. The summed E-state index contributed by atoms with van der Waals surface area (Å²) >= 11 is 5.89. The summed E-state index contributed by atoms with van der Waals surface area (Å²) in [5, 5.41) is 3.73. The van der Waals surface area contributed by atoms with E-state index in [9.17, 15) is 4.79 Å². The third kappa shape index (κ3) is 4.33. The maximum absolute atomic E-state index is 12.6. The van der Waals surface area contributed by atoms with Gasteiger partial charge in [0.05, 0.1) is 17.8 Å². The molecule has 1 N–H and O–H groups in total.